The van der Waals surface area contributed by atoms with Gasteiger partial charge in [-0.15, -0.1) is 0 Å². The number of hydrogen-bond donors (Lipinski definition) is 1. The Labute approximate surface area is 123 Å². The van der Waals surface area contributed by atoms with E-state index in [4.69, 9.17) is 9.84 Å². The van der Waals surface area contributed by atoms with Gasteiger partial charge in [0.05, 0.1) is 7.11 Å². The van der Waals surface area contributed by atoms with Gasteiger partial charge in [0.15, 0.2) is 0 Å². The second-order valence-corrected chi connectivity index (χ2v) is 5.21. The van der Waals surface area contributed by atoms with Crippen LogP contribution in [0.2, 0.25) is 0 Å². The van der Waals surface area contributed by atoms with Gasteiger partial charge in [0.25, 0.3) is 0 Å². The van der Waals surface area contributed by atoms with Crippen LogP contribution in [0.5, 0.6) is 5.75 Å². The maximum atomic E-state index is 11.2. The number of carboxylic acids is 1. The van der Waals surface area contributed by atoms with Gasteiger partial charge in [0.2, 0.25) is 0 Å². The van der Waals surface area contributed by atoms with E-state index in [2.05, 4.69) is 13.8 Å². The van der Waals surface area contributed by atoms with Crippen LogP contribution in [-0.4, -0.2) is 18.2 Å². The molecule has 0 aromatic heterocycles. The number of carboxylic acid groups (broad SMARTS) is 1. The minimum atomic E-state index is -0.940. The van der Waals surface area contributed by atoms with Gasteiger partial charge in [-0.2, -0.15) is 0 Å². The average Bonchev–Trinajstić information content (AvgIpc) is 2.77. The first-order chi connectivity index (χ1) is 10.0. The van der Waals surface area contributed by atoms with E-state index in [9.17, 15) is 4.79 Å². The first-order valence-corrected chi connectivity index (χ1v) is 6.77. The Kier molecular flexibility index (Phi) is 3.05. The van der Waals surface area contributed by atoms with Crippen molar-refractivity contribution in [2.45, 2.75) is 13.8 Å². The third-order valence-electron chi connectivity index (χ3n) is 4.08. The lowest BCUT2D eigenvalue weighted by molar-refractivity contribution is -0.131. The molecule has 0 fully saturated rings. The molecular formula is C18H16O3. The molecule has 0 bridgehead atoms. The monoisotopic (exact) mass is 280 g/mol. The molecule has 21 heavy (non-hydrogen) atoms. The molecule has 0 radical (unpaired) electrons. The summed E-state index contributed by atoms with van der Waals surface area (Å²) in [5, 5.41) is 9.17. The molecule has 3 rings (SSSR count). The minimum absolute atomic E-state index is 0.745. The van der Waals surface area contributed by atoms with Gasteiger partial charge in [0, 0.05) is 11.6 Å². The van der Waals surface area contributed by atoms with Crippen LogP contribution in [0.1, 0.15) is 22.3 Å². The summed E-state index contributed by atoms with van der Waals surface area (Å²) in [4.78, 5) is 11.2. The molecule has 0 saturated heterocycles. The first-order valence-electron chi connectivity index (χ1n) is 6.77. The summed E-state index contributed by atoms with van der Waals surface area (Å²) in [5.74, 6) is -0.166. The maximum Gasteiger partial charge on any atom is 0.328 e. The van der Waals surface area contributed by atoms with Crippen LogP contribution < -0.4 is 4.74 Å². The van der Waals surface area contributed by atoms with E-state index in [-0.39, 0.29) is 0 Å². The van der Waals surface area contributed by atoms with E-state index >= 15 is 0 Å². The number of methoxy groups -OCH3 is 1. The Morgan fingerprint density at radius 2 is 1.81 bits per heavy atom. The summed E-state index contributed by atoms with van der Waals surface area (Å²) in [6.45, 7) is 4.12. The summed E-state index contributed by atoms with van der Waals surface area (Å²) < 4.78 is 5.49. The smallest absolute Gasteiger partial charge is 0.328 e. The normalized spacial score (nSPS) is 14.0. The second-order valence-electron chi connectivity index (χ2n) is 5.21. The van der Waals surface area contributed by atoms with Gasteiger partial charge in [-0.3, -0.25) is 0 Å². The Balaban J connectivity index is 2.44. The van der Waals surface area contributed by atoms with Crippen molar-refractivity contribution in [1.82, 2.24) is 0 Å². The van der Waals surface area contributed by atoms with Gasteiger partial charge >= 0.3 is 5.97 Å². The van der Waals surface area contributed by atoms with Crippen molar-refractivity contribution in [2.75, 3.05) is 7.11 Å². The van der Waals surface area contributed by atoms with Crippen LogP contribution in [-0.2, 0) is 4.79 Å². The number of benzene rings is 2. The number of carbonyl (C=O) groups is 1. The maximum absolute atomic E-state index is 11.2. The van der Waals surface area contributed by atoms with E-state index in [1.165, 1.54) is 11.6 Å². The number of aliphatic carboxylic acids is 1. The topological polar surface area (TPSA) is 46.5 Å². The number of rotatable bonds is 2. The summed E-state index contributed by atoms with van der Waals surface area (Å²) in [5.41, 5.74) is 7.03. The third kappa shape index (κ3) is 1.93. The fraction of sp³-hybridized carbons (Fsp3) is 0.167. The van der Waals surface area contributed by atoms with Crippen LogP contribution in [0.3, 0.4) is 0 Å². The van der Waals surface area contributed by atoms with Gasteiger partial charge in [-0.25, -0.2) is 4.79 Å². The highest BCUT2D eigenvalue weighted by atomic mass is 16.5. The molecule has 1 aliphatic carbocycles. The summed E-state index contributed by atoms with van der Waals surface area (Å²) in [7, 11) is 1.64. The predicted octanol–water partition coefficient (Wildman–Crippen LogP) is 3.81. The molecule has 1 N–H and O–H groups in total. The van der Waals surface area contributed by atoms with Crippen LogP contribution in [0, 0.1) is 13.8 Å². The van der Waals surface area contributed by atoms with Gasteiger partial charge in [-0.05, 0) is 53.3 Å². The summed E-state index contributed by atoms with van der Waals surface area (Å²) >= 11 is 0. The van der Waals surface area contributed by atoms with E-state index < -0.39 is 5.97 Å². The standard InChI is InChI=1S/C18H16O3/c1-10-7-8-13-14(9-16(19)20)12-5-4-6-15(21-3)18(12)17(13)11(10)2/h4-9H,1-3H3,(H,19,20)/b14-9-. The highest BCUT2D eigenvalue weighted by Crippen LogP contribution is 2.50. The number of hydrogen-bond acceptors (Lipinski definition) is 2. The van der Waals surface area contributed by atoms with E-state index in [1.54, 1.807) is 7.11 Å². The lowest BCUT2D eigenvalue weighted by Crippen LogP contribution is -1.92. The predicted molar refractivity (Wildman–Crippen MR) is 82.6 cm³/mol. The molecule has 0 unspecified atom stereocenters. The molecule has 3 heteroatoms. The molecule has 2 aromatic rings. The Morgan fingerprint density at radius 3 is 2.48 bits per heavy atom. The van der Waals surface area contributed by atoms with Crippen molar-refractivity contribution in [3.8, 4) is 16.9 Å². The summed E-state index contributed by atoms with van der Waals surface area (Å²) in [6, 6.07) is 9.77. The highest BCUT2D eigenvalue weighted by Gasteiger charge is 2.28. The molecule has 0 spiro atoms. The van der Waals surface area contributed by atoms with Crippen LogP contribution in [0.15, 0.2) is 36.4 Å². The van der Waals surface area contributed by atoms with Crippen molar-refractivity contribution in [1.29, 1.82) is 0 Å². The van der Waals surface area contributed by atoms with Gasteiger partial charge in [-0.1, -0.05) is 24.3 Å². The zero-order valence-electron chi connectivity index (χ0n) is 12.2. The molecular weight excluding hydrogens is 264 g/mol. The number of aryl methyl sites for hydroxylation is 1. The number of ether oxygens (including phenoxy) is 1. The molecule has 0 amide bonds. The fourth-order valence-electron chi connectivity index (χ4n) is 2.97. The molecule has 0 atom stereocenters. The lowest BCUT2D eigenvalue weighted by Gasteiger charge is -2.11. The molecule has 0 heterocycles. The Hall–Kier alpha value is -2.55. The van der Waals surface area contributed by atoms with E-state index in [0.717, 1.165) is 39.1 Å². The van der Waals surface area contributed by atoms with Gasteiger partial charge < -0.3 is 9.84 Å². The number of fused-ring (bicyclic) bond motifs is 3. The highest BCUT2D eigenvalue weighted by molar-refractivity contribution is 6.08. The van der Waals surface area contributed by atoms with E-state index in [1.807, 2.05) is 30.3 Å². The van der Waals surface area contributed by atoms with E-state index in [0.29, 0.717) is 0 Å². The Bertz CT molecular complexity index is 785. The third-order valence-corrected chi connectivity index (χ3v) is 4.08. The minimum Gasteiger partial charge on any atom is -0.496 e. The van der Waals surface area contributed by atoms with Crippen LogP contribution in [0.4, 0.5) is 0 Å². The first kappa shape index (κ1) is 13.4. The lowest BCUT2D eigenvalue weighted by atomic mass is 9.96. The fourth-order valence-corrected chi connectivity index (χ4v) is 2.97. The van der Waals surface area contributed by atoms with Crippen LogP contribution >= 0.6 is 0 Å². The van der Waals surface area contributed by atoms with Crippen molar-refractivity contribution in [3.05, 3.63) is 58.7 Å². The molecule has 1 aliphatic rings. The largest absolute Gasteiger partial charge is 0.496 e. The Morgan fingerprint density at radius 1 is 1.10 bits per heavy atom. The van der Waals surface area contributed by atoms with Crippen molar-refractivity contribution < 1.29 is 14.6 Å². The average molecular weight is 280 g/mol. The molecule has 3 nitrogen and oxygen atoms in total. The van der Waals surface area contributed by atoms with Crippen molar-refractivity contribution in [3.63, 3.8) is 0 Å². The SMILES string of the molecule is COc1cccc2c1-c1c(ccc(C)c1C)/C2=C\C(=O)O. The molecule has 2 aromatic carbocycles. The second kappa shape index (κ2) is 4.77. The quantitative estimate of drug-likeness (QED) is 0.726. The zero-order chi connectivity index (χ0) is 15.1. The van der Waals surface area contributed by atoms with Gasteiger partial charge in [0.1, 0.15) is 5.75 Å². The van der Waals surface area contributed by atoms with Crippen molar-refractivity contribution >= 4 is 11.5 Å². The summed E-state index contributed by atoms with van der Waals surface area (Å²) in [6.07, 6.45) is 1.28. The molecule has 106 valence electrons. The molecule has 0 aliphatic heterocycles. The molecule has 0 saturated carbocycles. The van der Waals surface area contributed by atoms with Crippen molar-refractivity contribution in [2.24, 2.45) is 0 Å². The van der Waals surface area contributed by atoms with Crippen LogP contribution in [0.25, 0.3) is 16.7 Å². The zero-order valence-corrected chi connectivity index (χ0v) is 12.2.